The van der Waals surface area contributed by atoms with Gasteiger partial charge in [0.15, 0.2) is 0 Å². The molecule has 0 radical (unpaired) electrons. The van der Waals surface area contributed by atoms with E-state index in [-0.39, 0.29) is 0 Å². The first kappa shape index (κ1) is 14.9. The van der Waals surface area contributed by atoms with Crippen LogP contribution >= 0.6 is 0 Å². The molecule has 0 aliphatic heterocycles. The first-order valence-electron chi connectivity index (χ1n) is 6.65. The fourth-order valence-corrected chi connectivity index (χ4v) is 2.92. The molecule has 3 atom stereocenters. The van der Waals surface area contributed by atoms with Crippen LogP contribution in [-0.2, 0) is 9.47 Å². The van der Waals surface area contributed by atoms with Crippen LogP contribution in [0.25, 0.3) is 0 Å². The van der Waals surface area contributed by atoms with E-state index < -0.39 is 0 Å². The van der Waals surface area contributed by atoms with Crippen LogP contribution < -0.4 is 5.32 Å². The molecule has 4 heteroatoms. The Bertz CT molecular complexity index is 202. The van der Waals surface area contributed by atoms with Gasteiger partial charge in [-0.05, 0) is 26.8 Å². The smallest absolute Gasteiger partial charge is 0.0615 e. The second-order valence-electron chi connectivity index (χ2n) is 4.93. The molecule has 1 aliphatic carbocycles. The van der Waals surface area contributed by atoms with Crippen molar-refractivity contribution >= 4 is 0 Å². The number of methoxy groups -OCH3 is 2. The Hall–Kier alpha value is -0.160. The summed E-state index contributed by atoms with van der Waals surface area (Å²) in [5.74, 6) is 0. The van der Waals surface area contributed by atoms with Crippen LogP contribution in [0.2, 0.25) is 0 Å². The lowest BCUT2D eigenvalue weighted by atomic mass is 10.1. The molecular formula is C13H28N2O2. The van der Waals surface area contributed by atoms with Crippen LogP contribution in [0.1, 0.15) is 26.2 Å². The molecule has 1 aliphatic rings. The van der Waals surface area contributed by atoms with Crippen molar-refractivity contribution in [3.8, 4) is 0 Å². The average molecular weight is 244 g/mol. The number of ether oxygens (including phenoxy) is 2. The molecule has 4 nitrogen and oxygen atoms in total. The maximum absolute atomic E-state index is 5.29. The largest absolute Gasteiger partial charge is 0.383 e. The van der Waals surface area contributed by atoms with Gasteiger partial charge in [-0.15, -0.1) is 0 Å². The number of hydrogen-bond donors (Lipinski definition) is 1. The molecule has 0 spiro atoms. The maximum atomic E-state index is 5.29. The molecule has 1 fully saturated rings. The zero-order chi connectivity index (χ0) is 12.7. The van der Waals surface area contributed by atoms with E-state index in [2.05, 4.69) is 24.2 Å². The van der Waals surface area contributed by atoms with Crippen molar-refractivity contribution < 1.29 is 9.47 Å². The van der Waals surface area contributed by atoms with Crippen molar-refractivity contribution in [1.29, 1.82) is 0 Å². The molecule has 17 heavy (non-hydrogen) atoms. The Morgan fingerprint density at radius 1 is 1.29 bits per heavy atom. The van der Waals surface area contributed by atoms with Crippen molar-refractivity contribution in [3.05, 3.63) is 0 Å². The van der Waals surface area contributed by atoms with Crippen LogP contribution in [0.4, 0.5) is 0 Å². The van der Waals surface area contributed by atoms with Crippen molar-refractivity contribution in [3.63, 3.8) is 0 Å². The molecular weight excluding hydrogens is 216 g/mol. The van der Waals surface area contributed by atoms with E-state index in [0.717, 1.165) is 19.8 Å². The van der Waals surface area contributed by atoms with E-state index in [9.17, 15) is 0 Å². The second kappa shape index (κ2) is 8.03. The molecule has 0 aromatic rings. The Labute approximate surface area is 106 Å². The second-order valence-corrected chi connectivity index (χ2v) is 4.93. The molecule has 102 valence electrons. The highest BCUT2D eigenvalue weighted by Gasteiger charge is 2.33. The average Bonchev–Trinajstić information content (AvgIpc) is 2.78. The fraction of sp³-hybridized carbons (Fsp3) is 1.00. The topological polar surface area (TPSA) is 33.7 Å². The van der Waals surface area contributed by atoms with Crippen LogP contribution in [0.3, 0.4) is 0 Å². The minimum Gasteiger partial charge on any atom is -0.383 e. The van der Waals surface area contributed by atoms with Crippen molar-refractivity contribution in [2.75, 3.05) is 41.0 Å². The molecule has 1 N–H and O–H groups in total. The summed E-state index contributed by atoms with van der Waals surface area (Å²) < 4.78 is 10.5. The quantitative estimate of drug-likeness (QED) is 0.693. The highest BCUT2D eigenvalue weighted by atomic mass is 16.5. The van der Waals surface area contributed by atoms with Gasteiger partial charge in [-0.1, -0.05) is 6.42 Å². The summed E-state index contributed by atoms with van der Waals surface area (Å²) in [7, 11) is 5.61. The van der Waals surface area contributed by atoms with E-state index in [1.54, 1.807) is 14.2 Å². The Kier molecular flexibility index (Phi) is 7.04. The number of hydrogen-bond acceptors (Lipinski definition) is 4. The van der Waals surface area contributed by atoms with Crippen LogP contribution in [0, 0.1) is 0 Å². The highest BCUT2D eigenvalue weighted by molar-refractivity contribution is 4.91. The predicted octanol–water partition coefficient (Wildman–Crippen LogP) is 1.11. The Balaban J connectivity index is 2.60. The van der Waals surface area contributed by atoms with Crippen molar-refractivity contribution in [2.45, 2.75) is 44.3 Å². The van der Waals surface area contributed by atoms with Gasteiger partial charge in [0.2, 0.25) is 0 Å². The number of nitrogens with zero attached hydrogens (tertiary/aromatic N) is 1. The van der Waals surface area contributed by atoms with Gasteiger partial charge in [0.1, 0.15) is 0 Å². The zero-order valence-corrected chi connectivity index (χ0v) is 11.7. The molecule has 0 amide bonds. The van der Waals surface area contributed by atoms with E-state index in [1.165, 1.54) is 19.3 Å². The lowest BCUT2D eigenvalue weighted by molar-refractivity contribution is 0.0415. The lowest BCUT2D eigenvalue weighted by Crippen LogP contribution is -2.51. The summed E-state index contributed by atoms with van der Waals surface area (Å²) >= 11 is 0. The summed E-state index contributed by atoms with van der Waals surface area (Å²) in [6.45, 7) is 4.81. The minimum absolute atomic E-state index is 0.453. The van der Waals surface area contributed by atoms with Gasteiger partial charge in [0.25, 0.3) is 0 Å². The number of likely N-dealkylation sites (N-methyl/N-ethyl adjacent to an activating group) is 1. The van der Waals surface area contributed by atoms with Crippen molar-refractivity contribution in [2.24, 2.45) is 0 Å². The Morgan fingerprint density at radius 3 is 2.65 bits per heavy atom. The minimum atomic E-state index is 0.453. The first-order valence-corrected chi connectivity index (χ1v) is 6.65. The summed E-state index contributed by atoms with van der Waals surface area (Å²) in [5.41, 5.74) is 0. The van der Waals surface area contributed by atoms with Gasteiger partial charge in [-0.25, -0.2) is 0 Å². The van der Waals surface area contributed by atoms with Gasteiger partial charge in [-0.2, -0.15) is 0 Å². The zero-order valence-electron chi connectivity index (χ0n) is 11.7. The summed E-state index contributed by atoms with van der Waals surface area (Å²) in [4.78, 5) is 2.54. The van der Waals surface area contributed by atoms with Crippen LogP contribution in [0.5, 0.6) is 0 Å². The predicted molar refractivity (Wildman–Crippen MR) is 70.4 cm³/mol. The fourth-order valence-electron chi connectivity index (χ4n) is 2.92. The van der Waals surface area contributed by atoms with Gasteiger partial charge in [-0.3, -0.25) is 4.90 Å². The summed E-state index contributed by atoms with van der Waals surface area (Å²) in [6, 6.07) is 1.69. The van der Waals surface area contributed by atoms with Gasteiger partial charge in [0, 0.05) is 38.9 Å². The normalized spacial score (nSPS) is 26.6. The molecule has 1 rings (SSSR count). The van der Waals surface area contributed by atoms with E-state index in [0.29, 0.717) is 18.1 Å². The molecule has 0 saturated heterocycles. The first-order chi connectivity index (χ1) is 8.24. The summed E-state index contributed by atoms with van der Waals surface area (Å²) in [5, 5.41) is 3.44. The summed E-state index contributed by atoms with van der Waals surface area (Å²) in [6.07, 6.45) is 3.88. The molecule has 0 aromatic carbocycles. The molecule has 3 unspecified atom stereocenters. The van der Waals surface area contributed by atoms with Crippen LogP contribution in [-0.4, -0.2) is 64.1 Å². The van der Waals surface area contributed by atoms with E-state index >= 15 is 0 Å². The van der Waals surface area contributed by atoms with Gasteiger partial charge in [0.05, 0.1) is 13.2 Å². The standard InChI is InChI=1S/C13H28N2O2/c1-11(10-17-4)15(8-9-16-3)13-7-5-6-12(13)14-2/h11-14H,5-10H2,1-4H3. The maximum Gasteiger partial charge on any atom is 0.0615 e. The van der Waals surface area contributed by atoms with Gasteiger partial charge >= 0.3 is 0 Å². The number of nitrogens with one attached hydrogen (secondary N) is 1. The van der Waals surface area contributed by atoms with Gasteiger partial charge < -0.3 is 14.8 Å². The van der Waals surface area contributed by atoms with Crippen LogP contribution in [0.15, 0.2) is 0 Å². The number of rotatable bonds is 8. The third kappa shape index (κ3) is 4.21. The SMILES string of the molecule is CNC1CCCC1N(CCOC)C(C)COC. The lowest BCUT2D eigenvalue weighted by Gasteiger charge is -2.37. The monoisotopic (exact) mass is 244 g/mol. The third-order valence-corrected chi connectivity index (χ3v) is 3.80. The highest BCUT2D eigenvalue weighted by Crippen LogP contribution is 2.25. The van der Waals surface area contributed by atoms with E-state index in [1.807, 2.05) is 0 Å². The van der Waals surface area contributed by atoms with E-state index in [4.69, 9.17) is 9.47 Å². The molecule has 0 bridgehead atoms. The molecule has 0 heterocycles. The molecule has 0 aromatic heterocycles. The van der Waals surface area contributed by atoms with Crippen molar-refractivity contribution in [1.82, 2.24) is 10.2 Å². The molecule has 1 saturated carbocycles. The Morgan fingerprint density at radius 2 is 2.06 bits per heavy atom. The third-order valence-electron chi connectivity index (χ3n) is 3.80.